The van der Waals surface area contributed by atoms with E-state index < -0.39 is 0 Å². The summed E-state index contributed by atoms with van der Waals surface area (Å²) in [5, 5.41) is 2.56. The maximum Gasteiger partial charge on any atom is 0.260 e. The van der Waals surface area contributed by atoms with E-state index in [0.717, 1.165) is 11.1 Å². The number of hydrogen-bond donors (Lipinski definition) is 1. The molecule has 0 radical (unpaired) electrons. The molecule has 4 heterocycles. The van der Waals surface area contributed by atoms with E-state index in [-0.39, 0.29) is 5.56 Å². The molecule has 0 spiro atoms. The summed E-state index contributed by atoms with van der Waals surface area (Å²) in [5.41, 5.74) is 2.34. The standard InChI is InChI=1S/C16H10N4OS/c21-15-13-11(10-4-7-17-8-5-10)9-22-16(13)20-14(19-15)12-3-1-2-6-18-12/h1-9H,(H,19,20,21). The molecule has 0 aliphatic rings. The van der Waals surface area contributed by atoms with Crippen molar-refractivity contribution in [2.24, 2.45) is 0 Å². The van der Waals surface area contributed by atoms with Gasteiger partial charge in [-0.25, -0.2) is 4.98 Å². The maximum atomic E-state index is 12.5. The van der Waals surface area contributed by atoms with Gasteiger partial charge in [-0.05, 0) is 29.8 Å². The van der Waals surface area contributed by atoms with Gasteiger partial charge in [-0.1, -0.05) is 6.07 Å². The van der Waals surface area contributed by atoms with Crippen molar-refractivity contribution in [2.45, 2.75) is 0 Å². The largest absolute Gasteiger partial charge is 0.305 e. The zero-order chi connectivity index (χ0) is 14.9. The van der Waals surface area contributed by atoms with E-state index in [9.17, 15) is 4.79 Å². The zero-order valence-electron chi connectivity index (χ0n) is 11.4. The molecule has 5 nitrogen and oxygen atoms in total. The van der Waals surface area contributed by atoms with Crippen LogP contribution in [0.2, 0.25) is 0 Å². The molecule has 106 valence electrons. The molecule has 0 saturated carbocycles. The Labute approximate surface area is 129 Å². The molecule has 0 aliphatic carbocycles. The van der Waals surface area contributed by atoms with Crippen molar-refractivity contribution in [1.29, 1.82) is 0 Å². The van der Waals surface area contributed by atoms with E-state index in [1.54, 1.807) is 18.6 Å². The number of thiophene rings is 1. The fraction of sp³-hybridized carbons (Fsp3) is 0. The number of nitrogens with one attached hydrogen (secondary N) is 1. The molecule has 0 aromatic carbocycles. The fourth-order valence-corrected chi connectivity index (χ4v) is 3.26. The Kier molecular flexibility index (Phi) is 3.01. The lowest BCUT2D eigenvalue weighted by atomic mass is 10.1. The van der Waals surface area contributed by atoms with Gasteiger partial charge in [-0.3, -0.25) is 14.8 Å². The van der Waals surface area contributed by atoms with Gasteiger partial charge in [0.2, 0.25) is 0 Å². The maximum absolute atomic E-state index is 12.5. The minimum absolute atomic E-state index is 0.154. The molecular formula is C16H10N4OS. The van der Waals surface area contributed by atoms with Crippen LogP contribution in [0, 0.1) is 0 Å². The highest BCUT2D eigenvalue weighted by Gasteiger charge is 2.13. The van der Waals surface area contributed by atoms with E-state index in [1.807, 2.05) is 35.7 Å². The Morgan fingerprint density at radius 2 is 1.91 bits per heavy atom. The summed E-state index contributed by atoms with van der Waals surface area (Å²) >= 11 is 1.45. The monoisotopic (exact) mass is 306 g/mol. The molecule has 6 heteroatoms. The Bertz CT molecular complexity index is 993. The van der Waals surface area contributed by atoms with Gasteiger partial charge in [0.1, 0.15) is 10.5 Å². The highest BCUT2D eigenvalue weighted by Crippen LogP contribution is 2.30. The summed E-state index contributed by atoms with van der Waals surface area (Å²) < 4.78 is 0. The van der Waals surface area contributed by atoms with Crippen LogP contribution in [-0.2, 0) is 0 Å². The van der Waals surface area contributed by atoms with Gasteiger partial charge in [0, 0.05) is 29.5 Å². The van der Waals surface area contributed by atoms with Crippen molar-refractivity contribution in [1.82, 2.24) is 19.9 Å². The van der Waals surface area contributed by atoms with Gasteiger partial charge in [-0.2, -0.15) is 0 Å². The van der Waals surface area contributed by atoms with Gasteiger partial charge in [0.25, 0.3) is 5.56 Å². The topological polar surface area (TPSA) is 71.5 Å². The Morgan fingerprint density at radius 3 is 2.68 bits per heavy atom. The van der Waals surface area contributed by atoms with Crippen molar-refractivity contribution >= 4 is 21.6 Å². The number of H-pyrrole nitrogens is 1. The van der Waals surface area contributed by atoms with Gasteiger partial charge in [0.15, 0.2) is 5.82 Å². The average Bonchev–Trinajstić information content (AvgIpc) is 3.01. The van der Waals surface area contributed by atoms with Gasteiger partial charge >= 0.3 is 0 Å². The molecule has 1 N–H and O–H groups in total. The lowest BCUT2D eigenvalue weighted by Gasteiger charge is -2.01. The molecular weight excluding hydrogens is 296 g/mol. The lowest BCUT2D eigenvalue weighted by molar-refractivity contribution is 1.15. The summed E-state index contributed by atoms with van der Waals surface area (Å²) in [6.07, 6.45) is 5.10. The van der Waals surface area contributed by atoms with Gasteiger partial charge < -0.3 is 4.98 Å². The Hall–Kier alpha value is -2.86. The molecule has 0 fully saturated rings. The van der Waals surface area contributed by atoms with Crippen LogP contribution in [-0.4, -0.2) is 19.9 Å². The smallest absolute Gasteiger partial charge is 0.260 e. The predicted molar refractivity (Wildman–Crippen MR) is 86.7 cm³/mol. The van der Waals surface area contributed by atoms with Crippen molar-refractivity contribution in [3.05, 3.63) is 64.7 Å². The summed E-state index contributed by atoms with van der Waals surface area (Å²) in [6, 6.07) is 9.28. The molecule has 0 bridgehead atoms. The minimum Gasteiger partial charge on any atom is -0.305 e. The van der Waals surface area contributed by atoms with Crippen LogP contribution in [0.1, 0.15) is 0 Å². The number of fused-ring (bicyclic) bond motifs is 1. The first-order valence-corrected chi connectivity index (χ1v) is 7.54. The van der Waals surface area contributed by atoms with Crippen molar-refractivity contribution in [3.8, 4) is 22.6 Å². The van der Waals surface area contributed by atoms with E-state index in [4.69, 9.17) is 0 Å². The third-order valence-electron chi connectivity index (χ3n) is 3.34. The van der Waals surface area contributed by atoms with Crippen LogP contribution in [0.3, 0.4) is 0 Å². The highest BCUT2D eigenvalue weighted by molar-refractivity contribution is 7.17. The van der Waals surface area contributed by atoms with Crippen molar-refractivity contribution in [3.63, 3.8) is 0 Å². The quantitative estimate of drug-likeness (QED) is 0.617. The SMILES string of the molecule is O=c1[nH]c(-c2ccccn2)nc2scc(-c3ccncc3)c12. The lowest BCUT2D eigenvalue weighted by Crippen LogP contribution is -2.09. The van der Waals surface area contributed by atoms with Crippen LogP contribution in [0.25, 0.3) is 32.9 Å². The number of aromatic amines is 1. The first kappa shape index (κ1) is 12.8. The average molecular weight is 306 g/mol. The van der Waals surface area contributed by atoms with E-state index in [0.29, 0.717) is 21.7 Å². The molecule has 0 aliphatic heterocycles. The molecule has 0 unspecified atom stereocenters. The Morgan fingerprint density at radius 1 is 1.05 bits per heavy atom. The minimum atomic E-state index is -0.154. The second-order valence-electron chi connectivity index (χ2n) is 4.69. The highest BCUT2D eigenvalue weighted by atomic mass is 32.1. The molecule has 0 saturated heterocycles. The third-order valence-corrected chi connectivity index (χ3v) is 4.22. The number of pyridine rings is 2. The first-order valence-electron chi connectivity index (χ1n) is 6.66. The summed E-state index contributed by atoms with van der Waals surface area (Å²) in [5.74, 6) is 0.487. The van der Waals surface area contributed by atoms with Crippen LogP contribution in [0.5, 0.6) is 0 Å². The molecule has 4 aromatic rings. The number of nitrogens with zero attached hydrogens (tertiary/aromatic N) is 3. The van der Waals surface area contributed by atoms with Gasteiger partial charge in [0.05, 0.1) is 5.39 Å². The fourth-order valence-electron chi connectivity index (χ4n) is 2.32. The van der Waals surface area contributed by atoms with Crippen LogP contribution in [0.4, 0.5) is 0 Å². The molecule has 0 amide bonds. The van der Waals surface area contributed by atoms with E-state index in [2.05, 4.69) is 19.9 Å². The van der Waals surface area contributed by atoms with E-state index >= 15 is 0 Å². The molecule has 0 atom stereocenters. The Balaban J connectivity index is 1.94. The molecule has 4 rings (SSSR count). The zero-order valence-corrected chi connectivity index (χ0v) is 12.2. The normalized spacial score (nSPS) is 10.9. The van der Waals surface area contributed by atoms with Crippen molar-refractivity contribution in [2.75, 3.05) is 0 Å². The van der Waals surface area contributed by atoms with Crippen LogP contribution in [0.15, 0.2) is 59.1 Å². The third kappa shape index (κ3) is 2.10. The van der Waals surface area contributed by atoms with Crippen LogP contribution < -0.4 is 5.56 Å². The summed E-state index contributed by atoms with van der Waals surface area (Å²) in [4.78, 5) is 28.8. The summed E-state index contributed by atoms with van der Waals surface area (Å²) in [7, 11) is 0. The van der Waals surface area contributed by atoms with Gasteiger partial charge in [-0.15, -0.1) is 11.3 Å². The van der Waals surface area contributed by atoms with Crippen LogP contribution >= 0.6 is 11.3 Å². The number of aromatic nitrogens is 4. The summed E-state index contributed by atoms with van der Waals surface area (Å²) in [6.45, 7) is 0. The van der Waals surface area contributed by atoms with E-state index in [1.165, 1.54) is 11.3 Å². The number of hydrogen-bond acceptors (Lipinski definition) is 5. The van der Waals surface area contributed by atoms with Crippen molar-refractivity contribution < 1.29 is 0 Å². The number of rotatable bonds is 2. The first-order chi connectivity index (χ1) is 10.8. The second-order valence-corrected chi connectivity index (χ2v) is 5.55. The second kappa shape index (κ2) is 5.16. The molecule has 4 aromatic heterocycles. The predicted octanol–water partition coefficient (Wildman–Crippen LogP) is 3.11. The molecule has 22 heavy (non-hydrogen) atoms.